The Morgan fingerprint density at radius 2 is 1.77 bits per heavy atom. The molecule has 1 heterocycles. The van der Waals surface area contributed by atoms with Crippen LogP contribution in [0.25, 0.3) is 0 Å². The number of carboxylic acids is 1. The lowest BCUT2D eigenvalue weighted by Crippen LogP contribution is -2.33. The summed E-state index contributed by atoms with van der Waals surface area (Å²) in [7, 11) is 0. The monoisotopic (exact) mass is 378 g/mol. The molecule has 26 heavy (non-hydrogen) atoms. The topological polar surface area (TPSA) is 95.5 Å². The van der Waals surface area contributed by atoms with Gasteiger partial charge in [-0.05, 0) is 50.5 Å². The van der Waals surface area contributed by atoms with Crippen molar-refractivity contribution in [3.63, 3.8) is 0 Å². The number of thiophene rings is 1. The molecule has 0 saturated heterocycles. The molecule has 2 amide bonds. The minimum Gasteiger partial charge on any atom is -0.481 e. The number of aryl methyl sites for hydroxylation is 1. The molecule has 2 aliphatic carbocycles. The van der Waals surface area contributed by atoms with Crippen LogP contribution in [0.5, 0.6) is 0 Å². The summed E-state index contributed by atoms with van der Waals surface area (Å²) in [5, 5.41) is 15.3. The fraction of sp³-hybridized carbons (Fsp3) is 0.632. The van der Waals surface area contributed by atoms with Gasteiger partial charge < -0.3 is 15.7 Å². The number of hydrogen-bond donors (Lipinski definition) is 3. The third-order valence-corrected chi connectivity index (χ3v) is 6.34. The van der Waals surface area contributed by atoms with Crippen molar-refractivity contribution in [2.75, 3.05) is 5.32 Å². The van der Waals surface area contributed by atoms with Crippen molar-refractivity contribution < 1.29 is 19.5 Å². The fourth-order valence-electron chi connectivity index (χ4n) is 3.81. The summed E-state index contributed by atoms with van der Waals surface area (Å²) in [6, 6.07) is 0.237. The largest absolute Gasteiger partial charge is 0.481 e. The Hall–Kier alpha value is -1.89. The number of anilines is 1. The number of carbonyl (C=O) groups is 3. The van der Waals surface area contributed by atoms with Crippen LogP contribution in [0.4, 0.5) is 5.00 Å². The zero-order chi connectivity index (χ0) is 18.5. The van der Waals surface area contributed by atoms with Crippen molar-refractivity contribution in [3.8, 4) is 0 Å². The number of fused-ring (bicyclic) bond motifs is 1. The maximum atomic E-state index is 12.9. The van der Waals surface area contributed by atoms with Crippen molar-refractivity contribution in [3.05, 3.63) is 16.0 Å². The molecule has 2 aliphatic rings. The summed E-state index contributed by atoms with van der Waals surface area (Å²) >= 11 is 1.51. The normalized spacial score (nSPS) is 16.9. The first kappa shape index (κ1) is 18.9. The molecule has 0 aromatic carbocycles. The maximum Gasteiger partial charge on any atom is 0.303 e. The average molecular weight is 378 g/mol. The number of carbonyl (C=O) groups excluding carboxylic acids is 2. The second-order valence-corrected chi connectivity index (χ2v) is 8.27. The summed E-state index contributed by atoms with van der Waals surface area (Å²) < 4.78 is 0. The van der Waals surface area contributed by atoms with Crippen LogP contribution in [0.2, 0.25) is 0 Å². The quantitative estimate of drug-likeness (QED) is 0.677. The Kier molecular flexibility index (Phi) is 6.29. The summed E-state index contributed by atoms with van der Waals surface area (Å²) in [4.78, 5) is 36.9. The molecule has 1 aromatic heterocycles. The number of carboxylic acid groups (broad SMARTS) is 1. The molecular weight excluding hydrogens is 352 g/mol. The van der Waals surface area contributed by atoms with Crippen LogP contribution in [0.3, 0.4) is 0 Å². The van der Waals surface area contributed by atoms with Crippen molar-refractivity contribution in [1.29, 1.82) is 0 Å². The molecular formula is C19H26N2O4S. The molecule has 142 valence electrons. The van der Waals surface area contributed by atoms with Gasteiger partial charge >= 0.3 is 5.97 Å². The number of hydrogen-bond acceptors (Lipinski definition) is 4. The summed E-state index contributed by atoms with van der Waals surface area (Å²) in [6.07, 6.45) is 8.80. The van der Waals surface area contributed by atoms with E-state index in [0.29, 0.717) is 17.0 Å². The maximum absolute atomic E-state index is 12.9. The molecule has 6 nitrogen and oxygen atoms in total. The zero-order valence-corrected chi connectivity index (χ0v) is 15.8. The first-order valence-electron chi connectivity index (χ1n) is 9.51. The van der Waals surface area contributed by atoms with Crippen LogP contribution in [0.1, 0.15) is 78.6 Å². The van der Waals surface area contributed by atoms with Crippen molar-refractivity contribution in [2.45, 2.75) is 76.7 Å². The standard InChI is InChI=1S/C19H26N2O4S/c22-15(10-5-11-16(23)24)21-19-17(13-8-3-4-9-14(13)26-19)18(25)20-12-6-1-2-7-12/h12H,1-11H2,(H,20,25)(H,21,22)(H,23,24). The third-order valence-electron chi connectivity index (χ3n) is 5.14. The van der Waals surface area contributed by atoms with Gasteiger partial charge in [-0.3, -0.25) is 14.4 Å². The van der Waals surface area contributed by atoms with E-state index < -0.39 is 5.97 Å². The second kappa shape index (κ2) is 8.66. The molecule has 0 radical (unpaired) electrons. The van der Waals surface area contributed by atoms with E-state index in [2.05, 4.69) is 10.6 Å². The first-order chi connectivity index (χ1) is 12.5. The van der Waals surface area contributed by atoms with Crippen molar-refractivity contribution in [1.82, 2.24) is 5.32 Å². The van der Waals surface area contributed by atoms with Crippen LogP contribution >= 0.6 is 11.3 Å². The van der Waals surface area contributed by atoms with Gasteiger partial charge in [0.15, 0.2) is 0 Å². The lowest BCUT2D eigenvalue weighted by atomic mass is 9.95. The highest BCUT2D eigenvalue weighted by atomic mass is 32.1. The molecule has 0 unspecified atom stereocenters. The molecule has 0 spiro atoms. The van der Waals surface area contributed by atoms with Gasteiger partial charge in [-0.2, -0.15) is 0 Å². The Balaban J connectivity index is 1.73. The molecule has 1 saturated carbocycles. The van der Waals surface area contributed by atoms with Gasteiger partial charge in [0, 0.05) is 23.8 Å². The predicted molar refractivity (Wildman–Crippen MR) is 101 cm³/mol. The van der Waals surface area contributed by atoms with E-state index in [1.165, 1.54) is 16.2 Å². The minimum atomic E-state index is -0.902. The van der Waals surface area contributed by atoms with Crippen molar-refractivity contribution in [2.24, 2.45) is 0 Å². The highest BCUT2D eigenvalue weighted by Gasteiger charge is 2.28. The van der Waals surface area contributed by atoms with Crippen molar-refractivity contribution >= 4 is 34.1 Å². The van der Waals surface area contributed by atoms with E-state index in [-0.39, 0.29) is 30.7 Å². The molecule has 0 atom stereocenters. The van der Waals surface area contributed by atoms with Crippen LogP contribution in [0.15, 0.2) is 0 Å². The lowest BCUT2D eigenvalue weighted by Gasteiger charge is -2.16. The van der Waals surface area contributed by atoms with E-state index in [0.717, 1.165) is 56.9 Å². The third kappa shape index (κ3) is 4.63. The summed E-state index contributed by atoms with van der Waals surface area (Å²) in [6.45, 7) is 0. The Labute approximate surface area is 157 Å². The smallest absolute Gasteiger partial charge is 0.303 e. The highest BCUT2D eigenvalue weighted by molar-refractivity contribution is 7.17. The molecule has 1 aromatic rings. The van der Waals surface area contributed by atoms with Crippen LogP contribution in [-0.2, 0) is 22.4 Å². The van der Waals surface area contributed by atoms with Gasteiger partial charge in [-0.1, -0.05) is 12.8 Å². The predicted octanol–water partition coefficient (Wildman–Crippen LogP) is 3.49. The lowest BCUT2D eigenvalue weighted by molar-refractivity contribution is -0.137. The summed E-state index contributed by atoms with van der Waals surface area (Å²) in [5.74, 6) is -1.20. The number of nitrogens with one attached hydrogen (secondary N) is 2. The molecule has 0 bridgehead atoms. The molecule has 3 rings (SSSR count). The number of aliphatic carboxylic acids is 1. The van der Waals surface area contributed by atoms with Gasteiger partial charge in [-0.25, -0.2) is 0 Å². The zero-order valence-electron chi connectivity index (χ0n) is 14.9. The molecule has 7 heteroatoms. The van der Waals surface area contributed by atoms with E-state index in [4.69, 9.17) is 5.11 Å². The second-order valence-electron chi connectivity index (χ2n) is 7.17. The molecule has 1 fully saturated rings. The summed E-state index contributed by atoms with van der Waals surface area (Å²) in [5.41, 5.74) is 1.74. The number of amides is 2. The average Bonchev–Trinajstić information content (AvgIpc) is 3.21. The highest BCUT2D eigenvalue weighted by Crippen LogP contribution is 2.38. The van der Waals surface area contributed by atoms with E-state index in [9.17, 15) is 14.4 Å². The van der Waals surface area contributed by atoms with Crippen LogP contribution in [-0.4, -0.2) is 28.9 Å². The molecule has 0 aliphatic heterocycles. The van der Waals surface area contributed by atoms with Gasteiger partial charge in [0.2, 0.25) is 5.91 Å². The Bertz CT molecular complexity index is 692. The minimum absolute atomic E-state index is 0.0244. The molecule has 3 N–H and O–H groups in total. The Morgan fingerprint density at radius 3 is 2.50 bits per heavy atom. The van der Waals surface area contributed by atoms with E-state index >= 15 is 0 Å². The SMILES string of the molecule is O=C(O)CCCC(=O)Nc1sc2c(c1C(=O)NC1CCCC1)CCCC2. The fourth-order valence-corrected chi connectivity index (χ4v) is 5.11. The Morgan fingerprint density at radius 1 is 1.04 bits per heavy atom. The van der Waals surface area contributed by atoms with Crippen LogP contribution < -0.4 is 10.6 Å². The number of rotatable bonds is 7. The van der Waals surface area contributed by atoms with Gasteiger partial charge in [-0.15, -0.1) is 11.3 Å². The van der Waals surface area contributed by atoms with Gasteiger partial charge in [0.25, 0.3) is 5.91 Å². The van der Waals surface area contributed by atoms with E-state index in [1.54, 1.807) is 0 Å². The van der Waals surface area contributed by atoms with Gasteiger partial charge in [0.1, 0.15) is 5.00 Å². The first-order valence-corrected chi connectivity index (χ1v) is 10.3. The van der Waals surface area contributed by atoms with Gasteiger partial charge in [0.05, 0.1) is 5.56 Å². The van der Waals surface area contributed by atoms with E-state index in [1.807, 2.05) is 0 Å². The van der Waals surface area contributed by atoms with Crippen LogP contribution in [0, 0.1) is 0 Å².